The molecule has 0 bridgehead atoms. The minimum atomic E-state index is -0.117. The molecule has 2 saturated heterocycles. The van der Waals surface area contributed by atoms with Crippen LogP contribution in [-0.4, -0.2) is 76.8 Å². The molecule has 0 aromatic carbocycles. The molecule has 24 heavy (non-hydrogen) atoms. The lowest BCUT2D eigenvalue weighted by molar-refractivity contribution is -0.141. The average molecular weight is 335 g/mol. The number of aromatic nitrogens is 2. The Balaban J connectivity index is 1.34. The van der Waals surface area contributed by atoms with Crippen LogP contribution in [0.2, 0.25) is 0 Å². The molecule has 0 aliphatic carbocycles. The van der Waals surface area contributed by atoms with E-state index in [0.717, 1.165) is 38.2 Å². The number of piperidine rings is 1. The molecule has 2 amide bonds. The minimum Gasteiger partial charge on any atom is -0.365 e. The zero-order chi connectivity index (χ0) is 17.1. The van der Waals surface area contributed by atoms with Gasteiger partial charge in [0.1, 0.15) is 6.61 Å². The standard InChI is InChI=1S/C16H25N5O3/c1-19-7-3-4-14(16(19)23)21-8-12(9-21)18-15(22)11-24-10-13-5-6-17-20(13)2/h5-6,12,14H,3-4,7-11H2,1-2H3,(H,18,22). The summed E-state index contributed by atoms with van der Waals surface area (Å²) in [5.74, 6) is 0.0828. The lowest BCUT2D eigenvalue weighted by Crippen LogP contribution is -2.65. The van der Waals surface area contributed by atoms with E-state index in [0.29, 0.717) is 6.61 Å². The van der Waals surface area contributed by atoms with Gasteiger partial charge in [0.25, 0.3) is 0 Å². The zero-order valence-electron chi connectivity index (χ0n) is 14.3. The van der Waals surface area contributed by atoms with Crippen LogP contribution in [0.25, 0.3) is 0 Å². The van der Waals surface area contributed by atoms with Gasteiger partial charge in [-0.1, -0.05) is 0 Å². The van der Waals surface area contributed by atoms with Gasteiger partial charge < -0.3 is 15.0 Å². The van der Waals surface area contributed by atoms with Crippen molar-refractivity contribution >= 4 is 11.8 Å². The molecule has 0 radical (unpaired) electrons. The summed E-state index contributed by atoms with van der Waals surface area (Å²) in [6.07, 6.45) is 3.66. The first kappa shape index (κ1) is 16.9. The maximum absolute atomic E-state index is 12.1. The summed E-state index contributed by atoms with van der Waals surface area (Å²) >= 11 is 0. The van der Waals surface area contributed by atoms with Gasteiger partial charge in [-0.3, -0.25) is 19.2 Å². The first-order chi connectivity index (χ1) is 11.5. The Kier molecular flexibility index (Phi) is 5.15. The van der Waals surface area contributed by atoms with Gasteiger partial charge in [-0.15, -0.1) is 0 Å². The van der Waals surface area contributed by atoms with E-state index in [2.05, 4.69) is 15.3 Å². The number of ether oxygens (including phenoxy) is 1. The summed E-state index contributed by atoms with van der Waals surface area (Å²) < 4.78 is 7.14. The van der Waals surface area contributed by atoms with E-state index in [9.17, 15) is 9.59 Å². The first-order valence-electron chi connectivity index (χ1n) is 8.37. The van der Waals surface area contributed by atoms with Crippen molar-refractivity contribution in [2.24, 2.45) is 7.05 Å². The van der Waals surface area contributed by atoms with Crippen molar-refractivity contribution in [1.82, 2.24) is 24.9 Å². The van der Waals surface area contributed by atoms with Gasteiger partial charge in [-0.05, 0) is 18.9 Å². The van der Waals surface area contributed by atoms with E-state index in [-0.39, 0.29) is 30.5 Å². The summed E-state index contributed by atoms with van der Waals surface area (Å²) in [7, 11) is 3.69. The van der Waals surface area contributed by atoms with E-state index in [4.69, 9.17) is 4.74 Å². The van der Waals surface area contributed by atoms with Gasteiger partial charge in [0.2, 0.25) is 11.8 Å². The van der Waals surface area contributed by atoms with Gasteiger partial charge in [0, 0.05) is 39.9 Å². The molecular formula is C16H25N5O3. The maximum Gasteiger partial charge on any atom is 0.246 e. The number of hydrogen-bond acceptors (Lipinski definition) is 5. The number of aryl methyl sites for hydroxylation is 1. The lowest BCUT2D eigenvalue weighted by Gasteiger charge is -2.46. The second kappa shape index (κ2) is 7.31. The van der Waals surface area contributed by atoms with E-state index >= 15 is 0 Å². The summed E-state index contributed by atoms with van der Waals surface area (Å²) in [5, 5.41) is 7.00. The predicted molar refractivity (Wildman–Crippen MR) is 87.0 cm³/mol. The molecule has 132 valence electrons. The fraction of sp³-hybridized carbons (Fsp3) is 0.688. The van der Waals surface area contributed by atoms with Gasteiger partial charge >= 0.3 is 0 Å². The fourth-order valence-corrected chi connectivity index (χ4v) is 3.27. The molecule has 3 rings (SSSR count). The molecule has 1 aromatic heterocycles. The number of rotatable bonds is 6. The normalized spacial score (nSPS) is 22.5. The number of likely N-dealkylation sites (tertiary alicyclic amines) is 2. The second-order valence-corrected chi connectivity index (χ2v) is 6.58. The van der Waals surface area contributed by atoms with E-state index in [1.807, 2.05) is 20.2 Å². The van der Waals surface area contributed by atoms with Crippen molar-refractivity contribution in [3.8, 4) is 0 Å². The van der Waals surface area contributed by atoms with Gasteiger partial charge in [-0.25, -0.2) is 0 Å². The minimum absolute atomic E-state index is 0.0157. The Morgan fingerprint density at radius 3 is 2.92 bits per heavy atom. The van der Waals surface area contributed by atoms with Crippen molar-refractivity contribution in [3.05, 3.63) is 18.0 Å². The van der Waals surface area contributed by atoms with Crippen LogP contribution in [0.4, 0.5) is 0 Å². The molecule has 1 N–H and O–H groups in total. The molecule has 1 atom stereocenters. The highest BCUT2D eigenvalue weighted by atomic mass is 16.5. The Hall–Kier alpha value is -1.93. The number of carbonyl (C=O) groups excluding carboxylic acids is 2. The predicted octanol–water partition coefficient (Wildman–Crippen LogP) is -0.642. The van der Waals surface area contributed by atoms with Crippen LogP contribution in [-0.2, 0) is 28.0 Å². The highest BCUT2D eigenvalue weighted by Crippen LogP contribution is 2.21. The fourth-order valence-electron chi connectivity index (χ4n) is 3.27. The Bertz CT molecular complexity index is 596. The molecule has 2 aliphatic heterocycles. The highest BCUT2D eigenvalue weighted by Gasteiger charge is 2.39. The molecule has 1 aromatic rings. The summed E-state index contributed by atoms with van der Waals surface area (Å²) in [4.78, 5) is 28.0. The van der Waals surface area contributed by atoms with Crippen molar-refractivity contribution in [2.75, 3.05) is 33.3 Å². The summed E-state index contributed by atoms with van der Waals surface area (Å²) in [5.41, 5.74) is 0.928. The van der Waals surface area contributed by atoms with Crippen molar-refractivity contribution in [1.29, 1.82) is 0 Å². The van der Waals surface area contributed by atoms with Crippen molar-refractivity contribution in [2.45, 2.75) is 31.5 Å². The zero-order valence-corrected chi connectivity index (χ0v) is 14.3. The third-order valence-corrected chi connectivity index (χ3v) is 4.75. The molecule has 2 aliphatic rings. The molecule has 3 heterocycles. The largest absolute Gasteiger partial charge is 0.365 e. The number of amides is 2. The van der Waals surface area contributed by atoms with E-state index < -0.39 is 0 Å². The maximum atomic E-state index is 12.1. The average Bonchev–Trinajstić information content (AvgIpc) is 2.91. The number of nitrogens with one attached hydrogen (secondary N) is 1. The second-order valence-electron chi connectivity index (χ2n) is 6.58. The van der Waals surface area contributed by atoms with Gasteiger partial charge in [-0.2, -0.15) is 5.10 Å². The lowest BCUT2D eigenvalue weighted by atomic mass is 9.98. The SMILES string of the molecule is CN1CCCC(N2CC(NC(=O)COCc3ccnn3C)C2)C1=O. The Morgan fingerprint density at radius 2 is 2.21 bits per heavy atom. The molecule has 0 spiro atoms. The van der Waals surface area contributed by atoms with Crippen LogP contribution in [0.15, 0.2) is 12.3 Å². The van der Waals surface area contributed by atoms with Gasteiger partial charge in [0.05, 0.1) is 24.4 Å². The Labute approximate surface area is 141 Å². The molecule has 0 saturated carbocycles. The first-order valence-corrected chi connectivity index (χ1v) is 8.37. The van der Waals surface area contributed by atoms with E-state index in [1.165, 1.54) is 0 Å². The van der Waals surface area contributed by atoms with Crippen molar-refractivity contribution in [3.63, 3.8) is 0 Å². The van der Waals surface area contributed by atoms with Gasteiger partial charge in [0.15, 0.2) is 0 Å². The molecular weight excluding hydrogens is 310 g/mol. The quantitative estimate of drug-likeness (QED) is 0.748. The summed E-state index contributed by atoms with van der Waals surface area (Å²) in [6.45, 7) is 2.71. The summed E-state index contributed by atoms with van der Waals surface area (Å²) in [6, 6.07) is 1.95. The topological polar surface area (TPSA) is 79.7 Å². The number of hydrogen-bond donors (Lipinski definition) is 1. The third-order valence-electron chi connectivity index (χ3n) is 4.75. The number of nitrogens with zero attached hydrogens (tertiary/aromatic N) is 4. The highest BCUT2D eigenvalue weighted by molar-refractivity contribution is 5.82. The van der Waals surface area contributed by atoms with Crippen LogP contribution >= 0.6 is 0 Å². The van der Waals surface area contributed by atoms with E-state index in [1.54, 1.807) is 15.8 Å². The van der Waals surface area contributed by atoms with Crippen LogP contribution in [0.1, 0.15) is 18.5 Å². The molecule has 8 heteroatoms. The van der Waals surface area contributed by atoms with Crippen LogP contribution < -0.4 is 5.32 Å². The Morgan fingerprint density at radius 1 is 1.42 bits per heavy atom. The van der Waals surface area contributed by atoms with Crippen LogP contribution in [0.5, 0.6) is 0 Å². The number of carbonyl (C=O) groups is 2. The third kappa shape index (κ3) is 3.76. The monoisotopic (exact) mass is 335 g/mol. The van der Waals surface area contributed by atoms with Crippen molar-refractivity contribution < 1.29 is 14.3 Å². The van der Waals surface area contributed by atoms with Crippen LogP contribution in [0, 0.1) is 0 Å². The molecule has 1 unspecified atom stereocenters. The molecule has 8 nitrogen and oxygen atoms in total. The molecule has 2 fully saturated rings. The smallest absolute Gasteiger partial charge is 0.246 e. The van der Waals surface area contributed by atoms with Crippen LogP contribution in [0.3, 0.4) is 0 Å². The number of likely N-dealkylation sites (N-methyl/N-ethyl adjacent to an activating group) is 1.